The Kier molecular flexibility index (Phi) is 12.7. The number of hydrogen-bond acceptors (Lipinski definition) is 6. The Bertz CT molecular complexity index is 759. The fourth-order valence-corrected chi connectivity index (χ4v) is 4.56. The molecule has 0 spiro atoms. The van der Waals surface area contributed by atoms with Crippen LogP contribution in [0.2, 0.25) is 0 Å². The monoisotopic (exact) mass is 492 g/mol. The van der Waals surface area contributed by atoms with Gasteiger partial charge in [-0.2, -0.15) is 0 Å². The molecule has 4 atom stereocenters. The number of methoxy groups -OCH3 is 1. The summed E-state index contributed by atoms with van der Waals surface area (Å²) in [5.41, 5.74) is 1.12. The maximum atomic E-state index is 13.5. The highest BCUT2D eigenvalue weighted by atomic mass is 16.5. The SMILES string of the molecule is CO[C@@H]1CN(C(C)=O)C[C@H](CC(C)C)N(C(=O)CCc2ccccc2)CCCCOC[C@@H](O)[C@H]1O. The molecule has 1 heterocycles. The number of aliphatic hydroxyl groups is 2. The van der Waals surface area contributed by atoms with Gasteiger partial charge in [0.25, 0.3) is 0 Å². The van der Waals surface area contributed by atoms with E-state index in [0.717, 1.165) is 24.8 Å². The van der Waals surface area contributed by atoms with E-state index in [1.165, 1.54) is 14.0 Å². The zero-order valence-corrected chi connectivity index (χ0v) is 21.8. The number of amides is 2. The Balaban J connectivity index is 2.28. The maximum Gasteiger partial charge on any atom is 0.223 e. The van der Waals surface area contributed by atoms with Crippen LogP contribution < -0.4 is 0 Å². The van der Waals surface area contributed by atoms with E-state index < -0.39 is 18.3 Å². The minimum Gasteiger partial charge on any atom is -0.388 e. The number of aliphatic hydroxyl groups excluding tert-OH is 2. The topological polar surface area (TPSA) is 99.5 Å². The summed E-state index contributed by atoms with van der Waals surface area (Å²) in [4.78, 5) is 29.7. The van der Waals surface area contributed by atoms with E-state index in [2.05, 4.69) is 13.8 Å². The predicted molar refractivity (Wildman–Crippen MR) is 135 cm³/mol. The van der Waals surface area contributed by atoms with Crippen LogP contribution in [0, 0.1) is 5.92 Å². The molecule has 0 radical (unpaired) electrons. The molecule has 0 bridgehead atoms. The molecule has 1 aliphatic heterocycles. The van der Waals surface area contributed by atoms with Crippen molar-refractivity contribution in [3.63, 3.8) is 0 Å². The van der Waals surface area contributed by atoms with Crippen molar-refractivity contribution in [2.75, 3.05) is 40.0 Å². The van der Waals surface area contributed by atoms with Gasteiger partial charge >= 0.3 is 0 Å². The van der Waals surface area contributed by atoms with Gasteiger partial charge in [0.1, 0.15) is 18.3 Å². The van der Waals surface area contributed by atoms with Gasteiger partial charge in [-0.25, -0.2) is 0 Å². The third kappa shape index (κ3) is 9.88. The van der Waals surface area contributed by atoms with Crippen LogP contribution in [0.1, 0.15) is 52.0 Å². The molecule has 1 fully saturated rings. The molecule has 0 unspecified atom stereocenters. The molecule has 1 aromatic carbocycles. The second kappa shape index (κ2) is 15.2. The normalized spacial score (nSPS) is 25.3. The van der Waals surface area contributed by atoms with Crippen LogP contribution in [0.5, 0.6) is 0 Å². The number of benzene rings is 1. The first-order chi connectivity index (χ1) is 16.7. The van der Waals surface area contributed by atoms with Crippen LogP contribution in [-0.4, -0.2) is 96.1 Å². The lowest BCUT2D eigenvalue weighted by atomic mass is 9.99. The largest absolute Gasteiger partial charge is 0.388 e. The van der Waals surface area contributed by atoms with Gasteiger partial charge < -0.3 is 29.5 Å². The third-order valence-electron chi connectivity index (χ3n) is 6.56. The minimum absolute atomic E-state index is 0.0171. The van der Waals surface area contributed by atoms with E-state index in [0.29, 0.717) is 38.5 Å². The van der Waals surface area contributed by atoms with Crippen molar-refractivity contribution >= 4 is 11.8 Å². The van der Waals surface area contributed by atoms with Crippen molar-refractivity contribution in [3.8, 4) is 0 Å². The summed E-state index contributed by atoms with van der Waals surface area (Å²) in [6, 6.07) is 9.82. The lowest BCUT2D eigenvalue weighted by Gasteiger charge is -2.38. The summed E-state index contributed by atoms with van der Waals surface area (Å²) >= 11 is 0. The van der Waals surface area contributed by atoms with E-state index in [1.54, 1.807) is 4.90 Å². The molecule has 8 heteroatoms. The zero-order valence-electron chi connectivity index (χ0n) is 21.8. The molecule has 1 aromatic rings. The van der Waals surface area contributed by atoms with E-state index in [9.17, 15) is 19.8 Å². The summed E-state index contributed by atoms with van der Waals surface area (Å²) in [6.45, 7) is 7.17. The molecule has 0 saturated carbocycles. The molecule has 35 heavy (non-hydrogen) atoms. The second-order valence-electron chi connectivity index (χ2n) is 9.89. The Labute approximate surface area is 210 Å². The van der Waals surface area contributed by atoms with E-state index in [4.69, 9.17) is 9.47 Å². The maximum absolute atomic E-state index is 13.5. The van der Waals surface area contributed by atoms with Crippen LogP contribution in [0.4, 0.5) is 0 Å². The number of nitrogens with zero attached hydrogens (tertiary/aromatic N) is 2. The second-order valence-corrected chi connectivity index (χ2v) is 9.89. The molecule has 8 nitrogen and oxygen atoms in total. The van der Waals surface area contributed by atoms with Crippen molar-refractivity contribution in [1.82, 2.24) is 9.80 Å². The van der Waals surface area contributed by atoms with E-state index in [1.807, 2.05) is 35.2 Å². The van der Waals surface area contributed by atoms with Gasteiger partial charge in [-0.3, -0.25) is 9.59 Å². The summed E-state index contributed by atoms with van der Waals surface area (Å²) in [5, 5.41) is 21.0. The highest BCUT2D eigenvalue weighted by Crippen LogP contribution is 2.19. The number of rotatable bonds is 6. The van der Waals surface area contributed by atoms with Crippen LogP contribution >= 0.6 is 0 Å². The Hall–Kier alpha value is -2.00. The van der Waals surface area contributed by atoms with Gasteiger partial charge in [-0.05, 0) is 37.2 Å². The molecule has 2 rings (SSSR count). The summed E-state index contributed by atoms with van der Waals surface area (Å²) in [7, 11) is 1.45. The van der Waals surface area contributed by atoms with Crippen molar-refractivity contribution in [2.45, 2.75) is 77.2 Å². The Morgan fingerprint density at radius 1 is 1.14 bits per heavy atom. The van der Waals surface area contributed by atoms with Gasteiger partial charge in [-0.15, -0.1) is 0 Å². The highest BCUT2D eigenvalue weighted by molar-refractivity contribution is 5.77. The van der Waals surface area contributed by atoms with E-state index >= 15 is 0 Å². The number of hydrogen-bond donors (Lipinski definition) is 2. The van der Waals surface area contributed by atoms with Crippen molar-refractivity contribution in [3.05, 3.63) is 35.9 Å². The van der Waals surface area contributed by atoms with Crippen molar-refractivity contribution < 1.29 is 29.3 Å². The molecule has 2 N–H and O–H groups in total. The first-order valence-electron chi connectivity index (χ1n) is 12.8. The fourth-order valence-electron chi connectivity index (χ4n) is 4.56. The van der Waals surface area contributed by atoms with Gasteiger partial charge in [0.2, 0.25) is 11.8 Å². The quantitative estimate of drug-likeness (QED) is 0.632. The molecule has 0 aromatic heterocycles. The Morgan fingerprint density at radius 3 is 2.49 bits per heavy atom. The summed E-state index contributed by atoms with van der Waals surface area (Å²) in [5.74, 6) is 0.239. The zero-order chi connectivity index (χ0) is 25.8. The van der Waals surface area contributed by atoms with Gasteiger partial charge in [-0.1, -0.05) is 44.2 Å². The van der Waals surface area contributed by atoms with Crippen LogP contribution in [0.25, 0.3) is 0 Å². The first kappa shape index (κ1) is 29.2. The minimum atomic E-state index is -1.20. The summed E-state index contributed by atoms with van der Waals surface area (Å²) in [6.07, 6.45) is 0.217. The van der Waals surface area contributed by atoms with Crippen molar-refractivity contribution in [2.24, 2.45) is 5.92 Å². The van der Waals surface area contributed by atoms with Crippen LogP contribution in [0.15, 0.2) is 30.3 Å². The highest BCUT2D eigenvalue weighted by Gasteiger charge is 2.32. The molecule has 1 saturated heterocycles. The van der Waals surface area contributed by atoms with Crippen molar-refractivity contribution in [1.29, 1.82) is 0 Å². The van der Waals surface area contributed by atoms with Gasteiger partial charge in [0, 0.05) is 52.7 Å². The number of ether oxygens (including phenoxy) is 2. The molecular weight excluding hydrogens is 448 g/mol. The van der Waals surface area contributed by atoms with Crippen LogP contribution in [0.3, 0.4) is 0 Å². The molecule has 2 amide bonds. The number of carbonyl (C=O) groups is 2. The molecule has 1 aliphatic rings. The Morgan fingerprint density at radius 2 is 1.86 bits per heavy atom. The lowest BCUT2D eigenvalue weighted by molar-refractivity contribution is -0.142. The average Bonchev–Trinajstić information content (AvgIpc) is 2.83. The third-order valence-corrected chi connectivity index (χ3v) is 6.56. The van der Waals surface area contributed by atoms with Crippen LogP contribution in [-0.2, 0) is 25.5 Å². The lowest BCUT2D eigenvalue weighted by Crippen LogP contribution is -2.53. The van der Waals surface area contributed by atoms with E-state index in [-0.39, 0.29) is 31.0 Å². The predicted octanol–water partition coefficient (Wildman–Crippen LogP) is 2.26. The number of carbonyl (C=O) groups excluding carboxylic acids is 2. The summed E-state index contributed by atoms with van der Waals surface area (Å²) < 4.78 is 11.0. The molecule has 198 valence electrons. The molecule has 0 aliphatic carbocycles. The first-order valence-corrected chi connectivity index (χ1v) is 12.8. The fraction of sp³-hybridized carbons (Fsp3) is 0.704. The standard InChI is InChI=1S/C27H44N2O6/c1-20(2)16-23-17-28(21(3)30)18-25(34-4)27(33)24(31)19-35-15-9-8-14-29(23)26(32)13-12-22-10-6-5-7-11-22/h5-7,10-11,20,23-25,27,31,33H,8-9,12-19H2,1-4H3/t23-,24+,25+,27+/m0/s1. The van der Waals surface area contributed by atoms with Gasteiger partial charge in [0.15, 0.2) is 0 Å². The number of aryl methyl sites for hydroxylation is 1. The molecular formula is C27H44N2O6. The van der Waals surface area contributed by atoms with Gasteiger partial charge in [0.05, 0.1) is 6.61 Å². The smallest absolute Gasteiger partial charge is 0.223 e. The average molecular weight is 493 g/mol.